The van der Waals surface area contributed by atoms with Crippen molar-refractivity contribution in [1.29, 1.82) is 0 Å². The molecule has 10 nitrogen and oxygen atoms in total. The van der Waals surface area contributed by atoms with Gasteiger partial charge in [-0.05, 0) is 44.7 Å². The first-order valence-electron chi connectivity index (χ1n) is 12.0. The maximum absolute atomic E-state index is 12.5. The number of hydrogen-bond donors (Lipinski definition) is 1. The zero-order chi connectivity index (χ0) is 24.2. The standard InChI is InChI=1S/C24H27N7O3S/c1-24(7-2-3-8-24)31-21-11-18(26-13-20(21)29-22(31)15-32)10-17-6-9-25-23(28-17)16-12-27-30(14-16)35(33,34)19-4-5-19/h6,9,11-14,19,32H,2-5,7-8,10,15H2,1H3. The summed E-state index contributed by atoms with van der Waals surface area (Å²) in [6.07, 6.45) is 12.7. The summed E-state index contributed by atoms with van der Waals surface area (Å²) in [5.74, 6) is 1.10. The molecule has 2 aliphatic rings. The maximum atomic E-state index is 12.5. The van der Waals surface area contributed by atoms with Crippen LogP contribution in [0.3, 0.4) is 0 Å². The third kappa shape index (κ3) is 3.92. The van der Waals surface area contributed by atoms with Crippen LogP contribution < -0.4 is 0 Å². The Morgan fingerprint density at radius 3 is 2.66 bits per heavy atom. The molecule has 0 saturated heterocycles. The van der Waals surface area contributed by atoms with Crippen molar-refractivity contribution in [3.05, 3.63) is 54.1 Å². The molecule has 4 aromatic heterocycles. The van der Waals surface area contributed by atoms with Gasteiger partial charge in [0.15, 0.2) is 5.82 Å². The summed E-state index contributed by atoms with van der Waals surface area (Å²) in [7, 11) is -3.44. The van der Waals surface area contributed by atoms with Crippen LogP contribution in [0.1, 0.15) is 62.7 Å². The molecule has 4 heterocycles. The first-order chi connectivity index (χ1) is 16.9. The van der Waals surface area contributed by atoms with E-state index in [-0.39, 0.29) is 17.4 Å². The molecule has 11 heteroatoms. The molecule has 0 spiro atoms. The number of hydrogen-bond acceptors (Lipinski definition) is 8. The highest BCUT2D eigenvalue weighted by Crippen LogP contribution is 2.39. The minimum absolute atomic E-state index is 0.0610. The highest BCUT2D eigenvalue weighted by Gasteiger charge is 2.38. The third-order valence-corrected chi connectivity index (χ3v) is 9.16. The van der Waals surface area contributed by atoms with E-state index < -0.39 is 10.0 Å². The van der Waals surface area contributed by atoms with E-state index in [1.807, 2.05) is 12.1 Å². The van der Waals surface area contributed by atoms with Crippen LogP contribution in [0.5, 0.6) is 0 Å². The number of aromatic nitrogens is 7. The van der Waals surface area contributed by atoms with Crippen LogP contribution >= 0.6 is 0 Å². The number of nitrogens with zero attached hydrogens (tertiary/aromatic N) is 7. The SMILES string of the molecule is CC1(n2c(CO)nc3cnc(Cc4ccnc(-c5cnn(S(=O)(=O)C6CC6)c5)n4)cc32)CCCC1. The molecule has 0 bridgehead atoms. The van der Waals surface area contributed by atoms with Crippen LogP contribution in [0.25, 0.3) is 22.4 Å². The van der Waals surface area contributed by atoms with E-state index >= 15 is 0 Å². The number of fused-ring (bicyclic) bond motifs is 1. The van der Waals surface area contributed by atoms with Gasteiger partial charge in [0.1, 0.15) is 17.9 Å². The summed E-state index contributed by atoms with van der Waals surface area (Å²) in [6, 6.07) is 3.86. The summed E-state index contributed by atoms with van der Waals surface area (Å²) in [5, 5.41) is 13.7. The van der Waals surface area contributed by atoms with Crippen molar-refractivity contribution in [2.75, 3.05) is 0 Å². The number of pyridine rings is 1. The molecule has 6 rings (SSSR count). The number of imidazole rings is 1. The third-order valence-electron chi connectivity index (χ3n) is 7.13. The lowest BCUT2D eigenvalue weighted by atomic mass is 9.99. The molecular weight excluding hydrogens is 466 g/mol. The lowest BCUT2D eigenvalue weighted by Crippen LogP contribution is -2.28. The van der Waals surface area contributed by atoms with Gasteiger partial charge < -0.3 is 9.67 Å². The number of rotatable bonds is 7. The highest BCUT2D eigenvalue weighted by atomic mass is 32.2. The molecule has 0 atom stereocenters. The quantitative estimate of drug-likeness (QED) is 0.416. The van der Waals surface area contributed by atoms with Crippen molar-refractivity contribution >= 4 is 21.1 Å². The Bertz CT molecular complexity index is 1520. The van der Waals surface area contributed by atoms with Gasteiger partial charge in [0, 0.05) is 23.9 Å². The minimum Gasteiger partial charge on any atom is -0.388 e. The lowest BCUT2D eigenvalue weighted by molar-refractivity contribution is 0.241. The van der Waals surface area contributed by atoms with Crippen LogP contribution in [0.2, 0.25) is 0 Å². The second-order valence-corrected chi connectivity index (χ2v) is 11.9. The van der Waals surface area contributed by atoms with Gasteiger partial charge in [0.25, 0.3) is 10.0 Å². The molecule has 182 valence electrons. The van der Waals surface area contributed by atoms with Gasteiger partial charge in [-0.1, -0.05) is 12.8 Å². The Kier molecular flexibility index (Phi) is 5.22. The van der Waals surface area contributed by atoms with Gasteiger partial charge in [-0.2, -0.15) is 9.19 Å². The molecule has 4 aromatic rings. The minimum atomic E-state index is -3.44. The zero-order valence-corrected chi connectivity index (χ0v) is 20.3. The molecule has 2 aliphatic carbocycles. The van der Waals surface area contributed by atoms with Gasteiger partial charge in [0.05, 0.1) is 40.6 Å². The van der Waals surface area contributed by atoms with Crippen molar-refractivity contribution in [3.8, 4) is 11.4 Å². The molecular formula is C24H27N7O3S. The first kappa shape index (κ1) is 22.3. The Labute approximate surface area is 203 Å². The molecule has 35 heavy (non-hydrogen) atoms. The molecule has 2 fully saturated rings. The summed E-state index contributed by atoms with van der Waals surface area (Å²) >= 11 is 0. The normalized spacial score (nSPS) is 17.9. The monoisotopic (exact) mass is 493 g/mol. The van der Waals surface area contributed by atoms with Crippen LogP contribution in [-0.2, 0) is 28.6 Å². The molecule has 2 saturated carbocycles. The van der Waals surface area contributed by atoms with Crippen molar-refractivity contribution in [3.63, 3.8) is 0 Å². The van der Waals surface area contributed by atoms with Crippen molar-refractivity contribution in [2.45, 2.75) is 69.3 Å². The predicted octanol–water partition coefficient (Wildman–Crippen LogP) is 2.80. The summed E-state index contributed by atoms with van der Waals surface area (Å²) in [6.45, 7) is 2.12. The maximum Gasteiger partial charge on any atom is 0.256 e. The molecule has 0 radical (unpaired) electrons. The fourth-order valence-electron chi connectivity index (χ4n) is 5.14. The summed E-state index contributed by atoms with van der Waals surface area (Å²) in [4.78, 5) is 18.2. The smallest absolute Gasteiger partial charge is 0.256 e. The topological polar surface area (TPSA) is 129 Å². The Morgan fingerprint density at radius 1 is 1.11 bits per heavy atom. The summed E-state index contributed by atoms with van der Waals surface area (Å²) < 4.78 is 28.1. The Morgan fingerprint density at radius 2 is 1.91 bits per heavy atom. The van der Waals surface area contributed by atoms with Crippen molar-refractivity contribution < 1.29 is 13.5 Å². The Hall–Kier alpha value is -3.18. The van der Waals surface area contributed by atoms with Crippen molar-refractivity contribution in [1.82, 2.24) is 33.7 Å². The molecule has 1 N–H and O–H groups in total. The molecule has 0 aliphatic heterocycles. The zero-order valence-electron chi connectivity index (χ0n) is 19.5. The highest BCUT2D eigenvalue weighted by molar-refractivity contribution is 7.90. The molecule has 0 aromatic carbocycles. The van der Waals surface area contributed by atoms with Crippen LogP contribution in [0, 0.1) is 0 Å². The molecule has 0 unspecified atom stereocenters. The van der Waals surface area contributed by atoms with E-state index in [0.717, 1.165) is 39.4 Å². The molecule has 0 amide bonds. The second-order valence-electron chi connectivity index (χ2n) is 9.78. The van der Waals surface area contributed by atoms with E-state index in [9.17, 15) is 13.5 Å². The van der Waals surface area contributed by atoms with Crippen LogP contribution in [0.15, 0.2) is 36.9 Å². The van der Waals surface area contributed by atoms with Gasteiger partial charge in [-0.15, -0.1) is 0 Å². The van der Waals surface area contributed by atoms with Gasteiger partial charge >= 0.3 is 0 Å². The number of aliphatic hydroxyl groups is 1. The van der Waals surface area contributed by atoms with Gasteiger partial charge in [-0.3, -0.25) is 4.98 Å². The van der Waals surface area contributed by atoms with E-state index in [1.54, 1.807) is 12.4 Å². The first-order valence-corrected chi connectivity index (χ1v) is 13.5. The van der Waals surface area contributed by atoms with Crippen molar-refractivity contribution in [2.24, 2.45) is 0 Å². The van der Waals surface area contributed by atoms with E-state index in [1.165, 1.54) is 25.2 Å². The largest absolute Gasteiger partial charge is 0.388 e. The second kappa shape index (κ2) is 8.20. The number of aliphatic hydroxyl groups excluding tert-OH is 1. The fraction of sp³-hybridized carbons (Fsp3) is 0.458. The average Bonchev–Trinajstić information content (AvgIpc) is 3.26. The predicted molar refractivity (Wildman–Crippen MR) is 129 cm³/mol. The van der Waals surface area contributed by atoms with Gasteiger partial charge in [0.2, 0.25) is 0 Å². The summed E-state index contributed by atoms with van der Waals surface area (Å²) in [5.41, 5.74) is 3.85. The average molecular weight is 494 g/mol. The van der Waals surface area contributed by atoms with Gasteiger partial charge in [-0.25, -0.2) is 23.4 Å². The Balaban J connectivity index is 1.31. The van der Waals surface area contributed by atoms with E-state index in [2.05, 4.69) is 36.5 Å². The fourth-order valence-corrected chi connectivity index (χ4v) is 6.61. The lowest BCUT2D eigenvalue weighted by Gasteiger charge is -2.28. The van der Waals surface area contributed by atoms with E-state index in [4.69, 9.17) is 0 Å². The van der Waals surface area contributed by atoms with E-state index in [0.29, 0.717) is 36.5 Å². The van der Waals surface area contributed by atoms with Crippen LogP contribution in [0.4, 0.5) is 0 Å². The van der Waals surface area contributed by atoms with Crippen LogP contribution in [-0.4, -0.2) is 52.5 Å².